The van der Waals surface area contributed by atoms with E-state index in [4.69, 9.17) is 5.21 Å². The van der Waals surface area contributed by atoms with Crippen molar-refractivity contribution in [3.63, 3.8) is 0 Å². The number of carbonyl (C=O) groups excluding carboxylic acids is 1. The van der Waals surface area contributed by atoms with Gasteiger partial charge in [0.1, 0.15) is 17.3 Å². The molecule has 4 rings (SSSR count). The predicted molar refractivity (Wildman–Crippen MR) is 140 cm³/mol. The number of hydrogen-bond donors (Lipinski definition) is 2. The maximum Gasteiger partial charge on any atom is 0.247 e. The topological polar surface area (TPSA) is 142 Å². The molecule has 0 spiro atoms. The number of piperazine rings is 1. The highest BCUT2D eigenvalue weighted by Gasteiger charge is 2.32. The Hall–Kier alpha value is -3.92. The van der Waals surface area contributed by atoms with Gasteiger partial charge in [0.2, 0.25) is 15.9 Å². The Morgan fingerprint density at radius 1 is 0.974 bits per heavy atom. The Bertz CT molecular complexity index is 1350. The van der Waals surface area contributed by atoms with Crippen LogP contribution in [0.15, 0.2) is 61.2 Å². The van der Waals surface area contributed by atoms with Crippen LogP contribution in [0.4, 0.5) is 5.82 Å². The number of rotatable bonds is 9. The predicted octanol–water partition coefficient (Wildman–Crippen LogP) is 1.26. The van der Waals surface area contributed by atoms with Crippen molar-refractivity contribution in [3.8, 4) is 11.8 Å². The Labute approximate surface area is 222 Å². The summed E-state index contributed by atoms with van der Waals surface area (Å²) >= 11 is 0. The summed E-state index contributed by atoms with van der Waals surface area (Å²) in [6.45, 7) is 1.48. The molecule has 0 bridgehead atoms. The number of nitrogens with zero attached hydrogens (tertiary/aromatic N) is 6. The highest BCUT2D eigenvalue weighted by molar-refractivity contribution is 7.89. The third kappa shape index (κ3) is 7.55. The van der Waals surface area contributed by atoms with Gasteiger partial charge in [-0.05, 0) is 49.1 Å². The molecule has 11 nitrogen and oxygen atoms in total. The zero-order valence-corrected chi connectivity index (χ0v) is 21.6. The van der Waals surface area contributed by atoms with Gasteiger partial charge in [-0.1, -0.05) is 12.0 Å². The third-order valence-corrected chi connectivity index (χ3v) is 8.14. The number of carbonyl (C=O) groups is 1. The average Bonchev–Trinajstić information content (AvgIpc) is 2.96. The van der Waals surface area contributed by atoms with Gasteiger partial charge in [0, 0.05) is 63.0 Å². The van der Waals surface area contributed by atoms with Crippen molar-refractivity contribution in [2.45, 2.75) is 19.3 Å². The van der Waals surface area contributed by atoms with Gasteiger partial charge in [-0.15, -0.1) is 0 Å². The van der Waals surface area contributed by atoms with Crippen LogP contribution in [0.25, 0.3) is 0 Å². The van der Waals surface area contributed by atoms with E-state index in [9.17, 15) is 13.2 Å². The molecule has 1 aliphatic heterocycles. The van der Waals surface area contributed by atoms with Crippen molar-refractivity contribution in [2.24, 2.45) is 5.92 Å². The zero-order valence-electron chi connectivity index (χ0n) is 20.8. The standard InChI is InChI=1S/C26H29N7O4S/c34-26(31-35)22(5-3-7-24-28-13-4-14-29-24)20-38(36,37)33-17-15-32(16-18-33)25-11-9-21(19-30-25)8-10-23-6-1-2-12-27-23/h1-2,4,6,9,11-14,19,22,35H,3,5,7,15-18,20H2,(H,31,34). The maximum absolute atomic E-state index is 13.1. The molecule has 0 aromatic carbocycles. The largest absolute Gasteiger partial charge is 0.354 e. The number of nitrogens with one attached hydrogen (secondary N) is 1. The van der Waals surface area contributed by atoms with Crippen LogP contribution < -0.4 is 10.4 Å². The number of sulfonamides is 1. The summed E-state index contributed by atoms with van der Waals surface area (Å²) in [6.07, 6.45) is 7.94. The number of aryl methyl sites for hydroxylation is 1. The molecule has 38 heavy (non-hydrogen) atoms. The van der Waals surface area contributed by atoms with Gasteiger partial charge in [-0.25, -0.2) is 33.8 Å². The lowest BCUT2D eigenvalue weighted by atomic mass is 10.0. The van der Waals surface area contributed by atoms with Crippen LogP contribution >= 0.6 is 0 Å². The van der Waals surface area contributed by atoms with Crippen molar-refractivity contribution in [2.75, 3.05) is 36.8 Å². The van der Waals surface area contributed by atoms with Crippen LogP contribution in [0.2, 0.25) is 0 Å². The van der Waals surface area contributed by atoms with Crippen molar-refractivity contribution >= 4 is 21.7 Å². The monoisotopic (exact) mass is 535 g/mol. The number of anilines is 1. The Morgan fingerprint density at radius 3 is 2.39 bits per heavy atom. The molecule has 1 amide bonds. The minimum absolute atomic E-state index is 0.274. The second-order valence-electron chi connectivity index (χ2n) is 8.76. The molecule has 3 aromatic heterocycles. The average molecular weight is 536 g/mol. The third-order valence-electron chi connectivity index (χ3n) is 6.17. The zero-order chi connectivity index (χ0) is 26.8. The van der Waals surface area contributed by atoms with E-state index < -0.39 is 21.8 Å². The van der Waals surface area contributed by atoms with Gasteiger partial charge in [0.05, 0.1) is 11.7 Å². The maximum atomic E-state index is 13.1. The van der Waals surface area contributed by atoms with E-state index in [-0.39, 0.29) is 25.3 Å². The summed E-state index contributed by atoms with van der Waals surface area (Å²) < 4.78 is 27.6. The van der Waals surface area contributed by atoms with Crippen LogP contribution in [-0.2, 0) is 21.2 Å². The molecule has 1 fully saturated rings. The van der Waals surface area contributed by atoms with E-state index in [0.29, 0.717) is 37.4 Å². The van der Waals surface area contributed by atoms with Crippen molar-refractivity contribution in [1.29, 1.82) is 0 Å². The number of aromatic nitrogens is 4. The van der Waals surface area contributed by atoms with E-state index in [1.807, 2.05) is 35.2 Å². The van der Waals surface area contributed by atoms with Gasteiger partial charge in [-0.3, -0.25) is 10.0 Å². The summed E-state index contributed by atoms with van der Waals surface area (Å²) in [7, 11) is -3.72. The fraction of sp³-hybridized carbons (Fsp3) is 0.346. The van der Waals surface area contributed by atoms with Crippen LogP contribution in [0.3, 0.4) is 0 Å². The van der Waals surface area contributed by atoms with E-state index in [1.54, 1.807) is 36.3 Å². The molecule has 2 N–H and O–H groups in total. The summed E-state index contributed by atoms with van der Waals surface area (Å²) in [4.78, 5) is 31.2. The van der Waals surface area contributed by atoms with Gasteiger partial charge < -0.3 is 4.90 Å². The minimum Gasteiger partial charge on any atom is -0.354 e. The molecule has 0 radical (unpaired) electrons. The van der Waals surface area contributed by atoms with Crippen LogP contribution in [0, 0.1) is 17.8 Å². The highest BCUT2D eigenvalue weighted by Crippen LogP contribution is 2.19. The summed E-state index contributed by atoms with van der Waals surface area (Å²) in [5, 5.41) is 9.14. The first kappa shape index (κ1) is 27.1. The fourth-order valence-electron chi connectivity index (χ4n) is 4.12. The minimum atomic E-state index is -3.72. The van der Waals surface area contributed by atoms with Gasteiger partial charge in [0.15, 0.2) is 0 Å². The van der Waals surface area contributed by atoms with Gasteiger partial charge >= 0.3 is 0 Å². The van der Waals surface area contributed by atoms with Crippen LogP contribution in [0.5, 0.6) is 0 Å². The summed E-state index contributed by atoms with van der Waals surface area (Å²) in [5.74, 6) is 5.42. The van der Waals surface area contributed by atoms with Crippen molar-refractivity contribution < 1.29 is 18.4 Å². The quantitative estimate of drug-likeness (QED) is 0.235. The fourth-order valence-corrected chi connectivity index (χ4v) is 5.88. The van der Waals surface area contributed by atoms with E-state index in [1.165, 1.54) is 4.31 Å². The number of hydrogen-bond acceptors (Lipinski definition) is 9. The van der Waals surface area contributed by atoms with Crippen molar-refractivity contribution in [3.05, 3.63) is 78.3 Å². The first-order valence-corrected chi connectivity index (χ1v) is 13.9. The van der Waals surface area contributed by atoms with Crippen LogP contribution in [0.1, 0.15) is 29.9 Å². The van der Waals surface area contributed by atoms with E-state index in [0.717, 1.165) is 11.4 Å². The lowest BCUT2D eigenvalue weighted by Crippen LogP contribution is -2.50. The smallest absolute Gasteiger partial charge is 0.247 e. The molecular weight excluding hydrogens is 506 g/mol. The first-order chi connectivity index (χ1) is 18.4. The highest BCUT2D eigenvalue weighted by atomic mass is 32.2. The molecule has 3 aromatic rings. The molecule has 0 saturated carbocycles. The molecule has 198 valence electrons. The molecule has 1 saturated heterocycles. The normalized spacial score (nSPS) is 14.8. The lowest BCUT2D eigenvalue weighted by molar-refractivity contribution is -0.132. The number of hydroxylamine groups is 1. The van der Waals surface area contributed by atoms with E-state index >= 15 is 0 Å². The van der Waals surface area contributed by atoms with Crippen molar-refractivity contribution in [1.82, 2.24) is 29.7 Å². The number of pyridine rings is 2. The summed E-state index contributed by atoms with van der Waals surface area (Å²) in [5.41, 5.74) is 3.04. The second-order valence-corrected chi connectivity index (χ2v) is 10.8. The molecule has 1 atom stereocenters. The number of amides is 1. The second kappa shape index (κ2) is 13.0. The molecular formula is C26H29N7O4S. The molecule has 1 unspecified atom stereocenters. The SMILES string of the molecule is O=C(NO)C(CCCc1ncccn1)CS(=O)(=O)N1CCN(c2ccc(C#Cc3ccccn3)cn2)CC1. The molecule has 0 aliphatic carbocycles. The van der Waals surface area contributed by atoms with E-state index in [2.05, 4.69) is 31.8 Å². The Balaban J connectivity index is 1.30. The van der Waals surface area contributed by atoms with Gasteiger partial charge in [0.25, 0.3) is 0 Å². The lowest BCUT2D eigenvalue weighted by Gasteiger charge is -2.35. The van der Waals surface area contributed by atoms with Gasteiger partial charge in [-0.2, -0.15) is 4.31 Å². The van der Waals surface area contributed by atoms with Crippen LogP contribution in [-0.4, -0.2) is 75.7 Å². The molecule has 1 aliphatic rings. The molecule has 12 heteroatoms. The Kier molecular flexibility index (Phi) is 9.31. The molecule has 4 heterocycles. The first-order valence-electron chi connectivity index (χ1n) is 12.3. The Morgan fingerprint density at radius 2 is 1.74 bits per heavy atom. The summed E-state index contributed by atoms with van der Waals surface area (Å²) in [6, 6.07) is 11.0.